The molecular formula is C20H19ClN4O. The van der Waals surface area contributed by atoms with Crippen molar-refractivity contribution in [3.8, 4) is 0 Å². The summed E-state index contributed by atoms with van der Waals surface area (Å²) >= 11 is 6.07. The van der Waals surface area contributed by atoms with E-state index in [1.165, 1.54) is 11.8 Å². The summed E-state index contributed by atoms with van der Waals surface area (Å²) in [6.45, 7) is 4.55. The van der Waals surface area contributed by atoms with E-state index in [4.69, 9.17) is 11.6 Å². The zero-order valence-corrected chi connectivity index (χ0v) is 15.3. The number of aryl methyl sites for hydroxylation is 1. The highest BCUT2D eigenvalue weighted by atomic mass is 35.5. The highest BCUT2D eigenvalue weighted by molar-refractivity contribution is 6.31. The lowest BCUT2D eigenvalue weighted by Crippen LogP contribution is -2.15. The van der Waals surface area contributed by atoms with Crippen LogP contribution in [0, 0.1) is 13.8 Å². The lowest BCUT2D eigenvalue weighted by molar-refractivity contribution is 0.102. The Morgan fingerprint density at radius 1 is 1.08 bits per heavy atom. The van der Waals surface area contributed by atoms with E-state index >= 15 is 0 Å². The molecule has 0 aliphatic heterocycles. The summed E-state index contributed by atoms with van der Waals surface area (Å²) in [7, 11) is 0. The molecule has 132 valence electrons. The molecule has 0 atom stereocenters. The highest BCUT2D eigenvalue weighted by Crippen LogP contribution is 2.23. The Hall–Kier alpha value is -2.92. The molecule has 0 aliphatic rings. The maximum atomic E-state index is 12.3. The molecule has 26 heavy (non-hydrogen) atoms. The molecule has 5 nitrogen and oxygen atoms in total. The average Bonchev–Trinajstić information content (AvgIpc) is 2.64. The van der Waals surface area contributed by atoms with Crippen LogP contribution in [0.5, 0.6) is 0 Å². The second kappa shape index (κ2) is 7.97. The predicted octanol–water partition coefficient (Wildman–Crippen LogP) is 4.61. The fraction of sp³-hybridized carbons (Fsp3) is 0.150. The summed E-state index contributed by atoms with van der Waals surface area (Å²) in [6.07, 6.45) is 3.00. The van der Waals surface area contributed by atoms with Crippen molar-refractivity contribution in [3.05, 3.63) is 82.3 Å². The summed E-state index contributed by atoms with van der Waals surface area (Å²) < 4.78 is 0. The van der Waals surface area contributed by atoms with Crippen molar-refractivity contribution in [1.82, 2.24) is 9.97 Å². The standard InChI is InChI=1S/C20H19ClN4O/c1-13-5-3-6-15(9-13)10-23-19-12-22-18(11-24-19)20(26)25-17-8-4-7-16(21)14(17)2/h3-9,11-12H,10H2,1-2H3,(H,23,24)(H,25,26). The Morgan fingerprint density at radius 2 is 1.88 bits per heavy atom. The molecule has 0 spiro atoms. The van der Waals surface area contributed by atoms with Gasteiger partial charge in [0.15, 0.2) is 0 Å². The molecule has 3 rings (SSSR count). The molecule has 0 saturated carbocycles. The van der Waals surface area contributed by atoms with Crippen LogP contribution in [-0.4, -0.2) is 15.9 Å². The highest BCUT2D eigenvalue weighted by Gasteiger charge is 2.11. The molecule has 0 unspecified atom stereocenters. The molecule has 0 radical (unpaired) electrons. The summed E-state index contributed by atoms with van der Waals surface area (Å²) in [6, 6.07) is 13.6. The molecule has 0 saturated heterocycles. The van der Waals surface area contributed by atoms with Crippen LogP contribution in [0.4, 0.5) is 11.5 Å². The average molecular weight is 367 g/mol. The molecule has 6 heteroatoms. The van der Waals surface area contributed by atoms with E-state index in [0.29, 0.717) is 23.1 Å². The SMILES string of the molecule is Cc1cccc(CNc2cnc(C(=O)Nc3cccc(Cl)c3C)cn2)c1. The molecule has 2 N–H and O–H groups in total. The lowest BCUT2D eigenvalue weighted by atomic mass is 10.1. The Kier molecular flexibility index (Phi) is 5.49. The largest absolute Gasteiger partial charge is 0.365 e. The fourth-order valence-corrected chi connectivity index (χ4v) is 2.66. The molecule has 0 fully saturated rings. The monoisotopic (exact) mass is 366 g/mol. The Labute approximate surface area is 157 Å². The van der Waals surface area contributed by atoms with Crippen molar-refractivity contribution in [2.75, 3.05) is 10.6 Å². The van der Waals surface area contributed by atoms with Crippen molar-refractivity contribution >= 4 is 29.0 Å². The van der Waals surface area contributed by atoms with E-state index in [1.807, 2.05) is 19.1 Å². The number of benzene rings is 2. The van der Waals surface area contributed by atoms with Gasteiger partial charge in [-0.25, -0.2) is 9.97 Å². The van der Waals surface area contributed by atoms with Gasteiger partial charge in [-0.05, 0) is 37.1 Å². The number of rotatable bonds is 5. The van der Waals surface area contributed by atoms with E-state index in [-0.39, 0.29) is 11.6 Å². The summed E-state index contributed by atoms with van der Waals surface area (Å²) in [5.74, 6) is 0.287. The number of nitrogens with zero attached hydrogens (tertiary/aromatic N) is 2. The molecule has 1 heterocycles. The van der Waals surface area contributed by atoms with Crippen LogP contribution in [-0.2, 0) is 6.54 Å². The Bertz CT molecular complexity index is 925. The summed E-state index contributed by atoms with van der Waals surface area (Å²) in [5.41, 5.74) is 4.08. The summed E-state index contributed by atoms with van der Waals surface area (Å²) in [4.78, 5) is 20.8. The van der Waals surface area contributed by atoms with Crippen molar-refractivity contribution in [2.45, 2.75) is 20.4 Å². The minimum Gasteiger partial charge on any atom is -0.365 e. The second-order valence-electron chi connectivity index (χ2n) is 6.00. The van der Waals surface area contributed by atoms with Gasteiger partial charge in [0.25, 0.3) is 5.91 Å². The third-order valence-electron chi connectivity index (χ3n) is 3.96. The number of nitrogens with one attached hydrogen (secondary N) is 2. The lowest BCUT2D eigenvalue weighted by Gasteiger charge is -2.10. The number of aromatic nitrogens is 2. The third-order valence-corrected chi connectivity index (χ3v) is 4.37. The number of hydrogen-bond acceptors (Lipinski definition) is 4. The number of carbonyl (C=O) groups is 1. The Balaban J connectivity index is 1.63. The van der Waals surface area contributed by atoms with E-state index in [9.17, 15) is 4.79 Å². The first-order chi connectivity index (χ1) is 12.5. The molecular weight excluding hydrogens is 348 g/mol. The second-order valence-corrected chi connectivity index (χ2v) is 6.40. The third kappa shape index (κ3) is 4.37. The first kappa shape index (κ1) is 17.9. The van der Waals surface area contributed by atoms with Crippen molar-refractivity contribution in [2.24, 2.45) is 0 Å². The van der Waals surface area contributed by atoms with Gasteiger partial charge in [0, 0.05) is 17.3 Å². The van der Waals surface area contributed by atoms with E-state index in [1.54, 1.807) is 24.4 Å². The smallest absolute Gasteiger partial charge is 0.275 e. The van der Waals surface area contributed by atoms with Gasteiger partial charge in [0.2, 0.25) is 0 Å². The zero-order chi connectivity index (χ0) is 18.5. The maximum absolute atomic E-state index is 12.3. The number of hydrogen-bond donors (Lipinski definition) is 2. The van der Waals surface area contributed by atoms with Crippen LogP contribution in [0.1, 0.15) is 27.2 Å². The van der Waals surface area contributed by atoms with Crippen LogP contribution in [0.2, 0.25) is 5.02 Å². The minimum absolute atomic E-state index is 0.241. The molecule has 2 aromatic carbocycles. The summed E-state index contributed by atoms with van der Waals surface area (Å²) in [5, 5.41) is 6.60. The normalized spacial score (nSPS) is 10.4. The quantitative estimate of drug-likeness (QED) is 0.691. The van der Waals surface area contributed by atoms with E-state index in [2.05, 4.69) is 39.7 Å². The molecule has 0 aliphatic carbocycles. The fourth-order valence-electron chi connectivity index (χ4n) is 2.48. The first-order valence-corrected chi connectivity index (χ1v) is 8.58. The predicted molar refractivity (Wildman–Crippen MR) is 105 cm³/mol. The number of halogens is 1. The van der Waals surface area contributed by atoms with Gasteiger partial charge in [-0.2, -0.15) is 0 Å². The molecule has 1 aromatic heterocycles. The van der Waals surface area contributed by atoms with Gasteiger partial charge in [-0.15, -0.1) is 0 Å². The van der Waals surface area contributed by atoms with Crippen LogP contribution in [0.3, 0.4) is 0 Å². The van der Waals surface area contributed by atoms with Crippen LogP contribution < -0.4 is 10.6 Å². The van der Waals surface area contributed by atoms with Gasteiger partial charge in [-0.1, -0.05) is 47.5 Å². The van der Waals surface area contributed by atoms with Crippen LogP contribution in [0.25, 0.3) is 0 Å². The van der Waals surface area contributed by atoms with Crippen molar-refractivity contribution in [3.63, 3.8) is 0 Å². The molecule has 3 aromatic rings. The first-order valence-electron chi connectivity index (χ1n) is 8.21. The van der Waals surface area contributed by atoms with Crippen molar-refractivity contribution in [1.29, 1.82) is 0 Å². The minimum atomic E-state index is -0.326. The van der Waals surface area contributed by atoms with Gasteiger partial charge in [0.1, 0.15) is 11.5 Å². The van der Waals surface area contributed by atoms with Gasteiger partial charge < -0.3 is 10.6 Å². The van der Waals surface area contributed by atoms with Gasteiger partial charge in [-0.3, -0.25) is 4.79 Å². The van der Waals surface area contributed by atoms with Crippen LogP contribution in [0.15, 0.2) is 54.9 Å². The molecule has 0 bridgehead atoms. The number of anilines is 2. The topological polar surface area (TPSA) is 66.9 Å². The van der Waals surface area contributed by atoms with Gasteiger partial charge in [0.05, 0.1) is 12.4 Å². The van der Waals surface area contributed by atoms with E-state index in [0.717, 1.165) is 11.1 Å². The zero-order valence-electron chi connectivity index (χ0n) is 14.6. The Morgan fingerprint density at radius 3 is 2.62 bits per heavy atom. The molecule has 1 amide bonds. The van der Waals surface area contributed by atoms with Crippen molar-refractivity contribution < 1.29 is 4.79 Å². The van der Waals surface area contributed by atoms with E-state index < -0.39 is 0 Å². The maximum Gasteiger partial charge on any atom is 0.275 e. The number of amides is 1. The number of carbonyl (C=O) groups excluding carboxylic acids is 1. The van der Waals surface area contributed by atoms with Gasteiger partial charge >= 0.3 is 0 Å². The van der Waals surface area contributed by atoms with Crippen LogP contribution >= 0.6 is 11.6 Å².